The van der Waals surface area contributed by atoms with E-state index in [1.54, 1.807) is 0 Å². The van der Waals surface area contributed by atoms with E-state index in [1.165, 1.54) is 77.2 Å². The van der Waals surface area contributed by atoms with Crippen LogP contribution >= 0.6 is 0 Å². The van der Waals surface area contributed by atoms with Gasteiger partial charge >= 0.3 is 0 Å². The van der Waals surface area contributed by atoms with E-state index in [1.807, 2.05) is 0 Å². The zero-order valence-corrected chi connectivity index (χ0v) is 38.1. The van der Waals surface area contributed by atoms with E-state index in [0.29, 0.717) is 0 Å². The second-order valence-electron chi connectivity index (χ2n) is 17.7. The van der Waals surface area contributed by atoms with Gasteiger partial charge < -0.3 is 4.90 Å². The quantitative estimate of drug-likeness (QED) is 0.132. The Morgan fingerprint density at radius 2 is 0.536 bits per heavy atom. The van der Waals surface area contributed by atoms with Gasteiger partial charge in [0, 0.05) is 16.9 Å². The second-order valence-corrected chi connectivity index (χ2v) is 17.7. The summed E-state index contributed by atoms with van der Waals surface area (Å²) in [5.41, 5.74) is 19.8. The molecule has 1 nitrogen and oxygen atoms in total. The summed E-state index contributed by atoms with van der Waals surface area (Å²) in [4.78, 5) is 2.45. The smallest absolute Gasteiger partial charge is 0.0546 e. The molecule has 0 radical (unpaired) electrons. The molecule has 0 fully saturated rings. The van der Waals surface area contributed by atoms with E-state index in [4.69, 9.17) is 0 Å². The Hall–Kier alpha value is -9.04. The minimum absolute atomic E-state index is 1.07. The Bertz CT molecular complexity index is 3680. The van der Waals surface area contributed by atoms with E-state index in [-0.39, 0.29) is 0 Å². The summed E-state index contributed by atoms with van der Waals surface area (Å²) in [5.74, 6) is 0. The summed E-state index contributed by atoms with van der Waals surface area (Å²) >= 11 is 0. The number of hydrogen-bond donors (Lipinski definition) is 0. The molecule has 0 unspecified atom stereocenters. The molecule has 324 valence electrons. The average Bonchev–Trinajstić information content (AvgIpc) is 3.44. The normalized spacial score (nSPS) is 11.2. The van der Waals surface area contributed by atoms with Gasteiger partial charge in [0.15, 0.2) is 0 Å². The number of anilines is 3. The fourth-order valence-electron chi connectivity index (χ4n) is 9.98. The van der Waals surface area contributed by atoms with Gasteiger partial charge in [-0.05, 0) is 148 Å². The first-order chi connectivity index (χ1) is 34.2. The molecule has 0 aromatic heterocycles. The maximum Gasteiger partial charge on any atom is 0.0546 e. The molecule has 1 heteroatoms. The van der Waals surface area contributed by atoms with Gasteiger partial charge in [0.2, 0.25) is 0 Å². The fraction of sp³-hybridized carbons (Fsp3) is 0. The van der Waals surface area contributed by atoms with Gasteiger partial charge in [-0.2, -0.15) is 0 Å². The van der Waals surface area contributed by atoms with Crippen molar-refractivity contribution in [1.82, 2.24) is 0 Å². The first-order valence-electron chi connectivity index (χ1n) is 23.7. The highest BCUT2D eigenvalue weighted by molar-refractivity contribution is 6.04. The van der Waals surface area contributed by atoms with E-state index < -0.39 is 0 Å². The topological polar surface area (TPSA) is 3.24 Å². The molecule has 12 rings (SSSR count). The van der Waals surface area contributed by atoms with Crippen LogP contribution in [0.3, 0.4) is 0 Å². The molecule has 0 spiro atoms. The SMILES string of the molecule is c1ccc(-c2cccc(-c3ccc(N(c4ccc(-c5cc(-c6ccccc6)cc(-c6ccccc6)c5)cc4)c4cc(-c5cccc6ccccc56)ccc4-c4cccc5ccccc45)cc3)c2)cc1. The summed E-state index contributed by atoms with van der Waals surface area (Å²) in [5, 5.41) is 4.88. The lowest BCUT2D eigenvalue weighted by atomic mass is 9.91. The number of benzene rings is 12. The van der Waals surface area contributed by atoms with Gasteiger partial charge in [0.25, 0.3) is 0 Å². The standard InChI is InChI=1S/C68H47N/c1-4-17-48(18-5-1)55-27-14-28-56(43-55)51-33-38-61(39-34-51)69(62-40-35-52(36-41-62)60-45-58(49-19-6-2-7-20-49)44-59(46-60)50-21-8-3-9-22-50)68-47-57(65-31-15-25-53-23-10-12-29-63(53)65)37-42-67(68)66-32-16-26-54-24-11-13-30-64(54)66/h1-47H. The second kappa shape index (κ2) is 18.3. The minimum atomic E-state index is 1.07. The Morgan fingerprint density at radius 1 is 0.188 bits per heavy atom. The first kappa shape index (κ1) is 41.4. The van der Waals surface area contributed by atoms with E-state index >= 15 is 0 Å². The summed E-state index contributed by atoms with van der Waals surface area (Å²) in [6.07, 6.45) is 0. The van der Waals surface area contributed by atoms with Crippen LogP contribution < -0.4 is 4.90 Å². The lowest BCUT2D eigenvalue weighted by molar-refractivity contribution is 1.28. The summed E-state index contributed by atoms with van der Waals surface area (Å²) < 4.78 is 0. The third-order valence-electron chi connectivity index (χ3n) is 13.5. The fourth-order valence-corrected chi connectivity index (χ4v) is 9.98. The van der Waals surface area contributed by atoms with Gasteiger partial charge in [0.05, 0.1) is 5.69 Å². The van der Waals surface area contributed by atoms with Crippen molar-refractivity contribution < 1.29 is 0 Å². The molecular weight excluding hydrogens is 831 g/mol. The van der Waals surface area contributed by atoms with Crippen molar-refractivity contribution in [3.63, 3.8) is 0 Å². The highest BCUT2D eigenvalue weighted by Crippen LogP contribution is 2.46. The molecule has 0 atom stereocenters. The van der Waals surface area contributed by atoms with E-state index in [0.717, 1.165) is 39.3 Å². The lowest BCUT2D eigenvalue weighted by Crippen LogP contribution is -2.11. The number of rotatable bonds is 10. The van der Waals surface area contributed by atoms with Crippen molar-refractivity contribution >= 4 is 38.6 Å². The predicted molar refractivity (Wildman–Crippen MR) is 294 cm³/mol. The van der Waals surface area contributed by atoms with Gasteiger partial charge in [0.1, 0.15) is 0 Å². The van der Waals surface area contributed by atoms with Gasteiger partial charge in [-0.3, -0.25) is 0 Å². The van der Waals surface area contributed by atoms with Crippen molar-refractivity contribution in [2.45, 2.75) is 0 Å². The molecule has 0 bridgehead atoms. The zero-order valence-electron chi connectivity index (χ0n) is 38.1. The Labute approximate surface area is 404 Å². The maximum atomic E-state index is 2.45. The summed E-state index contributed by atoms with van der Waals surface area (Å²) in [6, 6.07) is 104. The van der Waals surface area contributed by atoms with Crippen LogP contribution in [0.4, 0.5) is 17.1 Å². The molecule has 0 amide bonds. The van der Waals surface area contributed by atoms with Gasteiger partial charge in [-0.15, -0.1) is 0 Å². The monoisotopic (exact) mass is 877 g/mol. The zero-order chi connectivity index (χ0) is 45.9. The molecular formula is C68H47N. The number of hydrogen-bond acceptors (Lipinski definition) is 1. The Kier molecular flexibility index (Phi) is 11.0. The number of fused-ring (bicyclic) bond motifs is 2. The molecule has 12 aromatic rings. The largest absolute Gasteiger partial charge is 0.310 e. The van der Waals surface area contributed by atoms with Crippen LogP contribution in [0, 0.1) is 0 Å². The third kappa shape index (κ3) is 8.28. The van der Waals surface area contributed by atoms with Crippen molar-refractivity contribution in [3.8, 4) is 77.9 Å². The predicted octanol–water partition coefficient (Wildman–Crippen LogP) is 19.1. The molecule has 0 aliphatic carbocycles. The summed E-state index contributed by atoms with van der Waals surface area (Å²) in [6.45, 7) is 0. The Balaban J connectivity index is 1.04. The van der Waals surface area contributed by atoms with Gasteiger partial charge in [-0.25, -0.2) is 0 Å². The van der Waals surface area contributed by atoms with Crippen molar-refractivity contribution in [1.29, 1.82) is 0 Å². The van der Waals surface area contributed by atoms with Crippen LogP contribution in [0.2, 0.25) is 0 Å². The highest BCUT2D eigenvalue weighted by atomic mass is 15.1. The third-order valence-corrected chi connectivity index (χ3v) is 13.5. The van der Waals surface area contributed by atoms with Crippen molar-refractivity contribution in [3.05, 3.63) is 285 Å². The highest BCUT2D eigenvalue weighted by Gasteiger charge is 2.21. The number of nitrogens with zero attached hydrogens (tertiary/aromatic N) is 1. The average molecular weight is 878 g/mol. The Morgan fingerprint density at radius 3 is 1.06 bits per heavy atom. The molecule has 0 N–H and O–H groups in total. The molecule has 69 heavy (non-hydrogen) atoms. The first-order valence-corrected chi connectivity index (χ1v) is 23.7. The van der Waals surface area contributed by atoms with Crippen LogP contribution in [0.15, 0.2) is 285 Å². The molecule has 0 aliphatic rings. The summed E-state index contributed by atoms with van der Waals surface area (Å²) in [7, 11) is 0. The minimum Gasteiger partial charge on any atom is -0.310 e. The van der Waals surface area contributed by atoms with Crippen LogP contribution in [0.5, 0.6) is 0 Å². The van der Waals surface area contributed by atoms with Crippen molar-refractivity contribution in [2.24, 2.45) is 0 Å². The molecule has 0 heterocycles. The molecule has 0 aliphatic heterocycles. The molecule has 12 aromatic carbocycles. The molecule has 0 saturated carbocycles. The van der Waals surface area contributed by atoms with E-state index in [9.17, 15) is 0 Å². The van der Waals surface area contributed by atoms with Crippen LogP contribution in [0.1, 0.15) is 0 Å². The molecule has 0 saturated heterocycles. The lowest BCUT2D eigenvalue weighted by Gasteiger charge is -2.29. The van der Waals surface area contributed by atoms with Crippen LogP contribution in [-0.4, -0.2) is 0 Å². The van der Waals surface area contributed by atoms with Crippen molar-refractivity contribution in [2.75, 3.05) is 4.90 Å². The van der Waals surface area contributed by atoms with Crippen LogP contribution in [0.25, 0.3) is 99.4 Å². The van der Waals surface area contributed by atoms with Gasteiger partial charge in [-0.1, -0.05) is 231 Å². The van der Waals surface area contributed by atoms with Crippen LogP contribution in [-0.2, 0) is 0 Å². The maximum absolute atomic E-state index is 2.45. The van der Waals surface area contributed by atoms with E-state index in [2.05, 4.69) is 290 Å².